The van der Waals surface area contributed by atoms with Crippen molar-refractivity contribution in [1.29, 1.82) is 0 Å². The molecule has 3 rings (SSSR count). The first kappa shape index (κ1) is 20.3. The first-order chi connectivity index (χ1) is 13.8. The van der Waals surface area contributed by atoms with Crippen LogP contribution in [0.25, 0.3) is 0 Å². The smallest absolute Gasteiger partial charge is 0.349 e. The Balaban J connectivity index is 1.59. The van der Waals surface area contributed by atoms with Gasteiger partial charge in [0, 0.05) is 7.05 Å². The molecular weight excluding hydrogens is 396 g/mol. The predicted octanol–water partition coefficient (Wildman–Crippen LogP) is 3.13. The average molecular weight is 416 g/mol. The molecule has 3 aromatic heterocycles. The summed E-state index contributed by atoms with van der Waals surface area (Å²) in [5, 5.41) is 10.1. The Bertz CT molecular complexity index is 1050. The number of aromatic nitrogens is 2. The van der Waals surface area contributed by atoms with E-state index in [1.165, 1.54) is 25.3 Å². The van der Waals surface area contributed by atoms with Crippen molar-refractivity contribution < 1.29 is 23.5 Å². The summed E-state index contributed by atoms with van der Waals surface area (Å²) in [6, 6.07) is 6.23. The minimum absolute atomic E-state index is 0.161. The number of hydrogen-bond donors (Lipinski definition) is 2. The van der Waals surface area contributed by atoms with E-state index in [0.717, 1.165) is 17.0 Å². The average Bonchev–Trinajstić information content (AvgIpc) is 3.40. The van der Waals surface area contributed by atoms with E-state index in [0.29, 0.717) is 16.4 Å². The third-order valence-corrected chi connectivity index (χ3v) is 5.18. The summed E-state index contributed by atoms with van der Waals surface area (Å²) in [4.78, 5) is 37.0. The van der Waals surface area contributed by atoms with Crippen LogP contribution in [-0.4, -0.2) is 33.7 Å². The summed E-state index contributed by atoms with van der Waals surface area (Å²) in [5.74, 6) is -1.38. The van der Waals surface area contributed by atoms with Crippen LogP contribution in [0.2, 0.25) is 0 Å². The number of nitrogens with one attached hydrogen (secondary N) is 2. The minimum Gasteiger partial charge on any atom is -0.459 e. The van der Waals surface area contributed by atoms with E-state index in [4.69, 9.17) is 9.15 Å². The van der Waals surface area contributed by atoms with Gasteiger partial charge in [0.05, 0.1) is 28.3 Å². The second-order valence-electron chi connectivity index (χ2n) is 6.30. The van der Waals surface area contributed by atoms with Gasteiger partial charge in [0.15, 0.2) is 11.9 Å². The van der Waals surface area contributed by atoms with Crippen LogP contribution in [0.4, 0.5) is 10.7 Å². The van der Waals surface area contributed by atoms with Crippen molar-refractivity contribution in [3.05, 3.63) is 52.6 Å². The van der Waals surface area contributed by atoms with Crippen molar-refractivity contribution >= 4 is 39.8 Å². The minimum atomic E-state index is -1.01. The molecule has 0 radical (unpaired) electrons. The van der Waals surface area contributed by atoms with Crippen LogP contribution in [0.3, 0.4) is 0 Å². The van der Waals surface area contributed by atoms with Gasteiger partial charge in [-0.2, -0.15) is 5.10 Å². The summed E-state index contributed by atoms with van der Waals surface area (Å²) >= 11 is 1.04. The molecule has 0 aliphatic heterocycles. The lowest BCUT2D eigenvalue weighted by molar-refractivity contribution is -0.123. The fourth-order valence-electron chi connectivity index (χ4n) is 2.55. The molecule has 2 N–H and O–H groups in total. The van der Waals surface area contributed by atoms with Crippen molar-refractivity contribution in [2.24, 2.45) is 7.05 Å². The third kappa shape index (κ3) is 4.54. The van der Waals surface area contributed by atoms with Gasteiger partial charge in [0.2, 0.25) is 0 Å². The summed E-state index contributed by atoms with van der Waals surface area (Å²) in [5.41, 5.74) is 2.07. The largest absolute Gasteiger partial charge is 0.459 e. The molecule has 9 nitrogen and oxygen atoms in total. The summed E-state index contributed by atoms with van der Waals surface area (Å²) < 4.78 is 11.9. The SMILES string of the molecule is Cc1nn(C)c(C)c1NC(=O)C(C)OC(=O)c1ccc(NC(=O)c2ccco2)s1. The number of hydrogen-bond acceptors (Lipinski definition) is 7. The van der Waals surface area contributed by atoms with Gasteiger partial charge in [-0.15, -0.1) is 11.3 Å². The zero-order chi connectivity index (χ0) is 21.1. The van der Waals surface area contributed by atoms with Crippen molar-refractivity contribution in [1.82, 2.24) is 9.78 Å². The molecule has 0 saturated carbocycles. The van der Waals surface area contributed by atoms with Crippen LogP contribution in [0.15, 0.2) is 34.9 Å². The number of ether oxygens (including phenoxy) is 1. The molecule has 0 aliphatic rings. The number of amides is 2. The Hall–Kier alpha value is -3.40. The Kier molecular flexibility index (Phi) is 5.83. The van der Waals surface area contributed by atoms with Gasteiger partial charge < -0.3 is 19.8 Å². The Labute approximate surface area is 170 Å². The number of aryl methyl sites for hydroxylation is 2. The van der Waals surface area contributed by atoms with Gasteiger partial charge in [-0.25, -0.2) is 4.79 Å². The Morgan fingerprint density at radius 3 is 2.59 bits per heavy atom. The summed E-state index contributed by atoms with van der Waals surface area (Å²) in [6.07, 6.45) is 0.386. The fraction of sp³-hybridized carbons (Fsp3) is 0.263. The van der Waals surface area contributed by atoms with Crippen LogP contribution in [0.5, 0.6) is 0 Å². The standard InChI is InChI=1S/C19H20N4O5S/c1-10-16(11(2)23(4)22-10)21-17(24)12(3)28-19(26)14-7-8-15(29-14)20-18(25)13-6-5-9-27-13/h5-9,12H,1-4H3,(H,20,25)(H,21,24). The molecular formula is C19H20N4O5S. The Morgan fingerprint density at radius 2 is 1.97 bits per heavy atom. The fourth-order valence-corrected chi connectivity index (χ4v) is 3.33. The highest BCUT2D eigenvalue weighted by Crippen LogP contribution is 2.24. The second kappa shape index (κ2) is 8.31. The highest BCUT2D eigenvalue weighted by Gasteiger charge is 2.22. The maximum Gasteiger partial charge on any atom is 0.349 e. The van der Waals surface area contributed by atoms with Crippen molar-refractivity contribution in [3.63, 3.8) is 0 Å². The van der Waals surface area contributed by atoms with Gasteiger partial charge in [-0.1, -0.05) is 0 Å². The number of esters is 1. The molecule has 152 valence electrons. The lowest BCUT2D eigenvalue weighted by Crippen LogP contribution is -2.30. The van der Waals surface area contributed by atoms with E-state index in [1.54, 1.807) is 30.8 Å². The molecule has 0 bridgehead atoms. The van der Waals surface area contributed by atoms with Crippen molar-refractivity contribution in [2.45, 2.75) is 26.9 Å². The topological polar surface area (TPSA) is 115 Å². The normalized spacial score (nSPS) is 11.7. The highest BCUT2D eigenvalue weighted by atomic mass is 32.1. The van der Waals surface area contributed by atoms with Crippen LogP contribution in [0, 0.1) is 13.8 Å². The van der Waals surface area contributed by atoms with E-state index in [1.807, 2.05) is 6.92 Å². The first-order valence-corrected chi connectivity index (χ1v) is 9.54. The van der Waals surface area contributed by atoms with E-state index in [9.17, 15) is 14.4 Å². The van der Waals surface area contributed by atoms with E-state index in [-0.39, 0.29) is 10.6 Å². The summed E-state index contributed by atoms with van der Waals surface area (Å²) in [7, 11) is 1.78. The van der Waals surface area contributed by atoms with Gasteiger partial charge in [0.25, 0.3) is 11.8 Å². The molecule has 1 unspecified atom stereocenters. The molecule has 0 aromatic carbocycles. The van der Waals surface area contributed by atoms with Crippen molar-refractivity contribution in [3.8, 4) is 0 Å². The molecule has 1 atom stereocenters. The lowest BCUT2D eigenvalue weighted by atomic mass is 10.3. The molecule has 0 fully saturated rings. The molecule has 0 aliphatic carbocycles. The van der Waals surface area contributed by atoms with E-state index in [2.05, 4.69) is 15.7 Å². The van der Waals surface area contributed by atoms with Gasteiger partial charge in [0.1, 0.15) is 4.88 Å². The first-order valence-electron chi connectivity index (χ1n) is 8.73. The molecule has 29 heavy (non-hydrogen) atoms. The molecule has 0 saturated heterocycles. The molecule has 10 heteroatoms. The number of anilines is 2. The van der Waals surface area contributed by atoms with Crippen LogP contribution in [0.1, 0.15) is 38.5 Å². The molecule has 0 spiro atoms. The van der Waals surface area contributed by atoms with Gasteiger partial charge >= 0.3 is 5.97 Å². The highest BCUT2D eigenvalue weighted by molar-refractivity contribution is 7.18. The zero-order valence-corrected chi connectivity index (χ0v) is 17.1. The number of rotatable bonds is 6. The van der Waals surface area contributed by atoms with Crippen LogP contribution < -0.4 is 10.6 Å². The summed E-state index contributed by atoms with van der Waals surface area (Å²) in [6.45, 7) is 5.10. The monoisotopic (exact) mass is 416 g/mol. The molecule has 3 heterocycles. The maximum absolute atomic E-state index is 12.4. The van der Waals surface area contributed by atoms with Crippen LogP contribution >= 0.6 is 11.3 Å². The number of carbonyl (C=O) groups excluding carboxylic acids is 3. The van der Waals surface area contributed by atoms with Gasteiger partial charge in [-0.05, 0) is 45.0 Å². The van der Waals surface area contributed by atoms with E-state index < -0.39 is 23.9 Å². The Morgan fingerprint density at radius 1 is 1.21 bits per heavy atom. The predicted molar refractivity (Wildman–Crippen MR) is 107 cm³/mol. The number of nitrogens with zero attached hydrogens (tertiary/aromatic N) is 2. The second-order valence-corrected chi connectivity index (χ2v) is 7.39. The maximum atomic E-state index is 12.4. The van der Waals surface area contributed by atoms with Gasteiger partial charge in [-0.3, -0.25) is 14.3 Å². The quantitative estimate of drug-likeness (QED) is 0.597. The third-order valence-electron chi connectivity index (χ3n) is 4.20. The van der Waals surface area contributed by atoms with E-state index >= 15 is 0 Å². The van der Waals surface area contributed by atoms with Crippen molar-refractivity contribution in [2.75, 3.05) is 10.6 Å². The zero-order valence-electron chi connectivity index (χ0n) is 16.3. The molecule has 2 amide bonds. The number of furan rings is 1. The lowest BCUT2D eigenvalue weighted by Gasteiger charge is -2.13. The van der Waals surface area contributed by atoms with Crippen LogP contribution in [-0.2, 0) is 16.6 Å². The number of carbonyl (C=O) groups is 3. The molecule has 3 aromatic rings. The number of thiophene rings is 1.